The molecular formula is C28H29Cl3N2O4S. The van der Waals surface area contributed by atoms with E-state index >= 15 is 0 Å². The molecule has 202 valence electrons. The van der Waals surface area contributed by atoms with Gasteiger partial charge in [-0.25, -0.2) is 8.42 Å². The van der Waals surface area contributed by atoms with E-state index in [4.69, 9.17) is 39.5 Å². The number of amides is 1. The topological polar surface area (TPSA) is 66.9 Å². The van der Waals surface area contributed by atoms with Crippen molar-refractivity contribution in [2.75, 3.05) is 26.7 Å². The monoisotopic (exact) mass is 594 g/mol. The van der Waals surface area contributed by atoms with Crippen LogP contribution in [0.3, 0.4) is 0 Å². The number of ether oxygens (including phenoxy) is 1. The highest BCUT2D eigenvalue weighted by Gasteiger charge is 2.43. The molecule has 3 aromatic rings. The molecule has 10 heteroatoms. The molecule has 0 radical (unpaired) electrons. The standard InChI is InChI=1S/C28H29Cl3N2O4S/c1-32(18-21-7-3-2-4-8-21)26(34)17-28(20-37-23-13-11-22(29)12-14-23)15-6-16-33(19-28)38(35,36)25-10-5-9-24(30)27(25)31/h2-5,7-14H,6,15-20H2,1H3. The molecule has 38 heavy (non-hydrogen) atoms. The highest BCUT2D eigenvalue weighted by atomic mass is 35.5. The van der Waals surface area contributed by atoms with Crippen LogP contribution < -0.4 is 4.74 Å². The minimum atomic E-state index is -3.96. The van der Waals surface area contributed by atoms with Gasteiger partial charge < -0.3 is 9.64 Å². The number of halogens is 3. The second kappa shape index (κ2) is 12.3. The van der Waals surface area contributed by atoms with Crippen molar-refractivity contribution in [3.63, 3.8) is 0 Å². The largest absolute Gasteiger partial charge is 0.493 e. The van der Waals surface area contributed by atoms with Gasteiger partial charge in [-0.3, -0.25) is 4.79 Å². The third-order valence-corrected chi connectivity index (χ3v) is 9.80. The quantitative estimate of drug-likeness (QED) is 0.282. The zero-order chi connectivity index (χ0) is 27.3. The van der Waals surface area contributed by atoms with Crippen molar-refractivity contribution >= 4 is 50.7 Å². The van der Waals surface area contributed by atoms with E-state index in [1.807, 2.05) is 30.3 Å². The van der Waals surface area contributed by atoms with Crippen molar-refractivity contribution in [1.82, 2.24) is 9.21 Å². The van der Waals surface area contributed by atoms with Crippen molar-refractivity contribution in [1.29, 1.82) is 0 Å². The molecule has 1 aliphatic rings. The van der Waals surface area contributed by atoms with Crippen molar-refractivity contribution in [3.8, 4) is 5.75 Å². The number of rotatable bonds is 9. The van der Waals surface area contributed by atoms with Crippen LogP contribution in [0.4, 0.5) is 0 Å². The molecule has 1 saturated heterocycles. The van der Waals surface area contributed by atoms with E-state index in [1.54, 1.807) is 48.3 Å². The summed E-state index contributed by atoms with van der Waals surface area (Å²) in [7, 11) is -2.20. The molecule has 1 aliphatic heterocycles. The molecule has 1 unspecified atom stereocenters. The smallest absolute Gasteiger partial charge is 0.244 e. The first-order valence-corrected chi connectivity index (χ1v) is 14.8. The van der Waals surface area contributed by atoms with Gasteiger partial charge in [-0.1, -0.05) is 71.2 Å². The van der Waals surface area contributed by atoms with Gasteiger partial charge in [-0.05, 0) is 54.8 Å². The Hall–Kier alpha value is -2.29. The van der Waals surface area contributed by atoms with Gasteiger partial charge in [0.2, 0.25) is 15.9 Å². The molecule has 1 heterocycles. The van der Waals surface area contributed by atoms with Gasteiger partial charge in [0.25, 0.3) is 0 Å². The van der Waals surface area contributed by atoms with E-state index in [9.17, 15) is 13.2 Å². The fraction of sp³-hybridized carbons (Fsp3) is 0.321. The highest BCUT2D eigenvalue weighted by molar-refractivity contribution is 7.89. The van der Waals surface area contributed by atoms with Gasteiger partial charge in [-0.2, -0.15) is 4.31 Å². The van der Waals surface area contributed by atoms with E-state index in [1.165, 1.54) is 10.4 Å². The van der Waals surface area contributed by atoms with Crippen LogP contribution in [-0.2, 0) is 21.4 Å². The van der Waals surface area contributed by atoms with Gasteiger partial charge in [0.15, 0.2) is 0 Å². The molecule has 6 nitrogen and oxygen atoms in total. The number of benzene rings is 3. The molecule has 1 fully saturated rings. The van der Waals surface area contributed by atoms with Crippen molar-refractivity contribution in [3.05, 3.63) is 93.4 Å². The average molecular weight is 596 g/mol. The Labute approximate surface area is 239 Å². The zero-order valence-corrected chi connectivity index (χ0v) is 24.0. The van der Waals surface area contributed by atoms with Crippen molar-refractivity contribution < 1.29 is 17.9 Å². The summed E-state index contributed by atoms with van der Waals surface area (Å²) in [6.07, 6.45) is 1.32. The van der Waals surface area contributed by atoms with E-state index in [-0.39, 0.29) is 40.4 Å². The van der Waals surface area contributed by atoms with E-state index in [0.717, 1.165) is 5.56 Å². The Morgan fingerprint density at radius 1 is 1.00 bits per heavy atom. The minimum absolute atomic E-state index is 0.0126. The van der Waals surface area contributed by atoms with Crippen LogP contribution in [0.2, 0.25) is 15.1 Å². The number of carbonyl (C=O) groups excluding carboxylic acids is 1. The Bertz CT molecular complexity index is 1370. The second-order valence-corrected chi connectivity index (χ2v) is 12.8. The maximum Gasteiger partial charge on any atom is 0.244 e. The third kappa shape index (κ3) is 6.82. The molecule has 0 bridgehead atoms. The molecule has 0 spiro atoms. The van der Waals surface area contributed by atoms with Gasteiger partial charge in [0.05, 0.1) is 16.7 Å². The van der Waals surface area contributed by atoms with Crippen LogP contribution in [0.1, 0.15) is 24.8 Å². The summed E-state index contributed by atoms with van der Waals surface area (Å²) < 4.78 is 34.8. The molecular weight excluding hydrogens is 567 g/mol. The molecule has 0 aliphatic carbocycles. The van der Waals surface area contributed by atoms with Crippen LogP contribution in [0, 0.1) is 5.41 Å². The summed E-state index contributed by atoms with van der Waals surface area (Å²) in [5.41, 5.74) is 0.260. The average Bonchev–Trinajstić information content (AvgIpc) is 2.90. The molecule has 4 rings (SSSR count). The van der Waals surface area contributed by atoms with Crippen LogP contribution in [0.25, 0.3) is 0 Å². The Morgan fingerprint density at radius 2 is 1.71 bits per heavy atom. The lowest BCUT2D eigenvalue weighted by Crippen LogP contribution is -2.50. The SMILES string of the molecule is CN(Cc1ccccc1)C(=O)CC1(COc2ccc(Cl)cc2)CCCN(S(=O)(=O)c2cccc(Cl)c2Cl)C1. The van der Waals surface area contributed by atoms with Crippen molar-refractivity contribution in [2.24, 2.45) is 5.41 Å². The molecule has 0 saturated carbocycles. The van der Waals surface area contributed by atoms with E-state index in [2.05, 4.69) is 0 Å². The third-order valence-electron chi connectivity index (χ3n) is 6.73. The molecule has 0 aromatic heterocycles. The summed E-state index contributed by atoms with van der Waals surface area (Å²) >= 11 is 18.4. The van der Waals surface area contributed by atoms with Crippen LogP contribution in [-0.4, -0.2) is 50.3 Å². The summed E-state index contributed by atoms with van der Waals surface area (Å²) in [6, 6.07) is 21.2. The lowest BCUT2D eigenvalue weighted by molar-refractivity contribution is -0.134. The first-order chi connectivity index (χ1) is 18.1. The predicted molar refractivity (Wildman–Crippen MR) is 151 cm³/mol. The lowest BCUT2D eigenvalue weighted by atomic mass is 9.78. The van der Waals surface area contributed by atoms with E-state index < -0.39 is 15.4 Å². The Morgan fingerprint density at radius 3 is 2.42 bits per heavy atom. The molecule has 0 N–H and O–H groups in total. The maximum atomic E-state index is 13.7. The number of carbonyl (C=O) groups is 1. The summed E-state index contributed by atoms with van der Waals surface area (Å²) in [6.45, 7) is 1.03. The second-order valence-electron chi connectivity index (χ2n) is 9.65. The number of nitrogens with zero attached hydrogens (tertiary/aromatic N) is 2. The van der Waals surface area contributed by atoms with Crippen LogP contribution in [0.5, 0.6) is 5.75 Å². The molecule has 1 amide bonds. The number of sulfonamides is 1. The number of hydrogen-bond acceptors (Lipinski definition) is 4. The van der Waals surface area contributed by atoms with Crippen LogP contribution >= 0.6 is 34.8 Å². The fourth-order valence-corrected chi connectivity index (χ4v) is 7.13. The summed E-state index contributed by atoms with van der Waals surface area (Å²) in [4.78, 5) is 15.1. The maximum absolute atomic E-state index is 13.7. The van der Waals surface area contributed by atoms with E-state index in [0.29, 0.717) is 36.7 Å². The highest BCUT2D eigenvalue weighted by Crippen LogP contribution is 2.39. The normalized spacial score (nSPS) is 18.2. The molecule has 1 atom stereocenters. The molecule has 3 aromatic carbocycles. The Balaban J connectivity index is 1.59. The van der Waals surface area contributed by atoms with Gasteiger partial charge in [0.1, 0.15) is 10.6 Å². The van der Waals surface area contributed by atoms with Crippen molar-refractivity contribution in [2.45, 2.75) is 30.7 Å². The first-order valence-electron chi connectivity index (χ1n) is 12.2. The number of piperidine rings is 1. The first kappa shape index (κ1) is 28.7. The zero-order valence-electron chi connectivity index (χ0n) is 20.9. The number of hydrogen-bond donors (Lipinski definition) is 0. The lowest BCUT2D eigenvalue weighted by Gasteiger charge is -2.42. The predicted octanol–water partition coefficient (Wildman–Crippen LogP) is 6.55. The fourth-order valence-electron chi connectivity index (χ4n) is 4.67. The van der Waals surface area contributed by atoms with Gasteiger partial charge in [0, 0.05) is 43.5 Å². The van der Waals surface area contributed by atoms with Gasteiger partial charge >= 0.3 is 0 Å². The van der Waals surface area contributed by atoms with Crippen LogP contribution in [0.15, 0.2) is 77.7 Å². The minimum Gasteiger partial charge on any atom is -0.493 e. The van der Waals surface area contributed by atoms with Gasteiger partial charge in [-0.15, -0.1) is 0 Å². The summed E-state index contributed by atoms with van der Waals surface area (Å²) in [5, 5.41) is 0.735. The summed E-state index contributed by atoms with van der Waals surface area (Å²) in [5.74, 6) is 0.505. The Kier molecular flexibility index (Phi) is 9.27.